The summed E-state index contributed by atoms with van der Waals surface area (Å²) in [7, 11) is 0. The number of hydrogen-bond donors (Lipinski definition) is 0. The van der Waals surface area contributed by atoms with Gasteiger partial charge in [0.15, 0.2) is 5.82 Å². The topological polar surface area (TPSA) is 76.8 Å². The summed E-state index contributed by atoms with van der Waals surface area (Å²) < 4.78 is 7.44. The van der Waals surface area contributed by atoms with E-state index >= 15 is 0 Å². The number of nitrogens with zero attached hydrogens (tertiary/aromatic N) is 4. The zero-order valence-corrected chi connectivity index (χ0v) is 21.8. The lowest BCUT2D eigenvalue weighted by molar-refractivity contribution is -0.113. The van der Waals surface area contributed by atoms with Crippen molar-refractivity contribution in [1.82, 2.24) is 14.6 Å². The van der Waals surface area contributed by atoms with E-state index in [9.17, 15) is 9.59 Å². The third-order valence-corrected chi connectivity index (χ3v) is 7.65. The van der Waals surface area contributed by atoms with Crippen LogP contribution in [0, 0.1) is 0 Å². The van der Waals surface area contributed by atoms with E-state index in [1.165, 1.54) is 15.9 Å². The van der Waals surface area contributed by atoms with Crippen molar-refractivity contribution < 1.29 is 9.53 Å². The van der Waals surface area contributed by atoms with Crippen LogP contribution in [0.4, 0.5) is 5.69 Å². The number of thiazole rings is 1. The fourth-order valence-electron chi connectivity index (χ4n) is 4.67. The van der Waals surface area contributed by atoms with Gasteiger partial charge in [-0.25, -0.2) is 0 Å². The molecule has 2 aromatic heterocycles. The van der Waals surface area contributed by atoms with E-state index in [2.05, 4.69) is 17.0 Å². The van der Waals surface area contributed by atoms with Gasteiger partial charge in [0.25, 0.3) is 11.5 Å². The Morgan fingerprint density at radius 1 is 0.895 bits per heavy atom. The number of ether oxygens (including phenoxy) is 1. The Morgan fingerprint density at radius 3 is 2.42 bits per heavy atom. The van der Waals surface area contributed by atoms with Gasteiger partial charge in [-0.1, -0.05) is 79.6 Å². The fraction of sp³-hybridized carbons (Fsp3) is 0.200. The molecule has 8 heteroatoms. The van der Waals surface area contributed by atoms with Crippen LogP contribution in [0.3, 0.4) is 0 Å². The van der Waals surface area contributed by atoms with Crippen molar-refractivity contribution >= 4 is 33.5 Å². The lowest BCUT2D eigenvalue weighted by Crippen LogP contribution is -2.32. The molecule has 0 unspecified atom stereocenters. The Labute approximate surface area is 223 Å². The molecule has 0 atom stereocenters. The molecular weight excluding hydrogens is 496 g/mol. The first-order valence-corrected chi connectivity index (χ1v) is 13.6. The van der Waals surface area contributed by atoms with Gasteiger partial charge < -0.3 is 9.64 Å². The van der Waals surface area contributed by atoms with Gasteiger partial charge in [-0.15, -0.1) is 5.10 Å². The monoisotopic (exact) mass is 522 g/mol. The lowest BCUT2D eigenvalue weighted by Gasteiger charge is -2.17. The summed E-state index contributed by atoms with van der Waals surface area (Å²) in [6.45, 7) is 3.28. The van der Waals surface area contributed by atoms with Gasteiger partial charge in [-0.3, -0.25) is 9.59 Å². The van der Waals surface area contributed by atoms with E-state index < -0.39 is 0 Å². The van der Waals surface area contributed by atoms with Gasteiger partial charge in [0.1, 0.15) is 10.3 Å². The third-order valence-electron chi connectivity index (χ3n) is 6.62. The number of unbranched alkanes of at least 4 members (excludes halogenated alkanes) is 2. The summed E-state index contributed by atoms with van der Waals surface area (Å²) in [5.74, 6) is 1.07. The van der Waals surface area contributed by atoms with Crippen molar-refractivity contribution in [3.8, 4) is 17.1 Å². The Morgan fingerprint density at radius 2 is 1.66 bits per heavy atom. The standard InChI is InChI=1S/C30H26N4O3S/c1-2-3-9-18-37-22-16-14-21(15-17-22)27-31-30-34(32-27)29(36)26(38-30)25-23-12-7-8-13-24(23)33(28(25)35)19-20-10-5-4-6-11-20/h4-8,10-17H,2-3,9,18-19H2,1H3/b26-25-. The lowest BCUT2D eigenvalue weighted by atomic mass is 10.1. The van der Waals surface area contributed by atoms with Crippen molar-refractivity contribution in [2.24, 2.45) is 0 Å². The molecular formula is C30H26N4O3S. The van der Waals surface area contributed by atoms with Gasteiger partial charge in [0, 0.05) is 11.1 Å². The molecule has 0 saturated carbocycles. The second-order valence-corrected chi connectivity index (χ2v) is 10.2. The Bertz CT molecular complexity index is 1730. The highest BCUT2D eigenvalue weighted by atomic mass is 32.1. The summed E-state index contributed by atoms with van der Waals surface area (Å²) in [5, 5.41) is 4.48. The Hall–Kier alpha value is -4.30. The molecule has 3 aromatic carbocycles. The number of carbonyl (C=O) groups is 1. The summed E-state index contributed by atoms with van der Waals surface area (Å²) in [4.78, 5) is 33.9. The smallest absolute Gasteiger partial charge is 0.291 e. The van der Waals surface area contributed by atoms with Crippen molar-refractivity contribution in [2.45, 2.75) is 32.7 Å². The molecule has 1 amide bonds. The molecule has 3 heterocycles. The minimum Gasteiger partial charge on any atom is -0.494 e. The summed E-state index contributed by atoms with van der Waals surface area (Å²) in [6.07, 6.45) is 3.33. The van der Waals surface area contributed by atoms with E-state index in [1.54, 1.807) is 4.90 Å². The van der Waals surface area contributed by atoms with E-state index in [4.69, 9.17) is 4.74 Å². The molecule has 0 spiro atoms. The van der Waals surface area contributed by atoms with Crippen LogP contribution in [0.15, 0.2) is 83.7 Å². The SMILES string of the molecule is CCCCCOc1ccc(-c2nc3s/c(=C4\C(=O)N(Cc5ccccc5)c5ccccc54)c(=O)n3n2)cc1. The molecule has 0 aliphatic carbocycles. The zero-order valence-electron chi connectivity index (χ0n) is 21.0. The summed E-state index contributed by atoms with van der Waals surface area (Å²) >= 11 is 1.20. The molecule has 0 radical (unpaired) electrons. The zero-order chi connectivity index (χ0) is 26.1. The molecule has 5 aromatic rings. The quantitative estimate of drug-likeness (QED) is 0.272. The van der Waals surface area contributed by atoms with E-state index in [-0.39, 0.29) is 11.5 Å². The predicted molar refractivity (Wildman–Crippen MR) is 149 cm³/mol. The Balaban J connectivity index is 1.34. The average Bonchev–Trinajstić information content (AvgIpc) is 3.58. The highest BCUT2D eigenvalue weighted by molar-refractivity contribution is 7.15. The summed E-state index contributed by atoms with van der Waals surface area (Å²) in [6, 6.07) is 25.0. The number of hydrogen-bond acceptors (Lipinski definition) is 6. The normalized spacial score (nSPS) is 14.3. The second-order valence-electron chi connectivity index (χ2n) is 9.22. The van der Waals surface area contributed by atoms with Crippen molar-refractivity contribution in [2.75, 3.05) is 11.5 Å². The predicted octanol–water partition coefficient (Wildman–Crippen LogP) is 4.85. The number of amides is 1. The molecule has 1 aliphatic rings. The van der Waals surface area contributed by atoms with E-state index in [1.807, 2.05) is 78.9 Å². The number of benzene rings is 3. The molecule has 6 rings (SSSR count). The third kappa shape index (κ3) is 4.37. The van der Waals surface area contributed by atoms with Gasteiger partial charge in [-0.05, 0) is 42.3 Å². The van der Waals surface area contributed by atoms with Gasteiger partial charge in [0.05, 0.1) is 24.4 Å². The van der Waals surface area contributed by atoms with Crippen LogP contribution in [-0.4, -0.2) is 27.1 Å². The van der Waals surface area contributed by atoms with Crippen LogP contribution in [-0.2, 0) is 11.3 Å². The molecule has 0 fully saturated rings. The number of anilines is 1. The number of carbonyl (C=O) groups excluding carboxylic acids is 1. The van der Waals surface area contributed by atoms with Crippen LogP contribution in [0.5, 0.6) is 5.75 Å². The minimum atomic E-state index is -0.334. The maximum Gasteiger partial charge on any atom is 0.291 e. The van der Waals surface area contributed by atoms with Crippen molar-refractivity contribution in [1.29, 1.82) is 0 Å². The first-order chi connectivity index (χ1) is 18.6. The van der Waals surface area contributed by atoms with E-state index in [0.717, 1.165) is 47.4 Å². The highest BCUT2D eigenvalue weighted by Crippen LogP contribution is 2.36. The first kappa shape index (κ1) is 24.1. The average molecular weight is 523 g/mol. The number of fused-ring (bicyclic) bond motifs is 2. The second kappa shape index (κ2) is 10.2. The molecule has 7 nitrogen and oxygen atoms in total. The van der Waals surface area contributed by atoms with Gasteiger partial charge in [-0.2, -0.15) is 9.50 Å². The number of para-hydroxylation sites is 1. The van der Waals surface area contributed by atoms with Crippen LogP contribution in [0.25, 0.3) is 21.9 Å². The van der Waals surface area contributed by atoms with Crippen LogP contribution < -0.4 is 19.7 Å². The molecule has 38 heavy (non-hydrogen) atoms. The van der Waals surface area contributed by atoms with Crippen LogP contribution in [0.2, 0.25) is 0 Å². The van der Waals surface area contributed by atoms with Gasteiger partial charge >= 0.3 is 0 Å². The minimum absolute atomic E-state index is 0.189. The van der Waals surface area contributed by atoms with Crippen LogP contribution >= 0.6 is 11.3 Å². The molecule has 0 N–H and O–H groups in total. The van der Waals surface area contributed by atoms with Gasteiger partial charge in [0.2, 0.25) is 4.96 Å². The van der Waals surface area contributed by atoms with Crippen molar-refractivity contribution in [3.63, 3.8) is 0 Å². The molecule has 0 bridgehead atoms. The molecule has 1 aliphatic heterocycles. The summed E-state index contributed by atoms with van der Waals surface area (Å²) in [5.41, 5.74) is 3.44. The number of rotatable bonds is 8. The first-order valence-electron chi connectivity index (χ1n) is 12.8. The highest BCUT2D eigenvalue weighted by Gasteiger charge is 2.34. The maximum absolute atomic E-state index is 13.6. The largest absolute Gasteiger partial charge is 0.494 e. The molecule has 0 saturated heterocycles. The van der Waals surface area contributed by atoms with Crippen molar-refractivity contribution in [3.05, 3.63) is 105 Å². The maximum atomic E-state index is 13.6. The number of aromatic nitrogens is 3. The molecule has 190 valence electrons. The fourth-order valence-corrected chi connectivity index (χ4v) is 5.67. The van der Waals surface area contributed by atoms with E-state index in [0.29, 0.717) is 34.0 Å². The van der Waals surface area contributed by atoms with Crippen LogP contribution in [0.1, 0.15) is 37.3 Å². The Kier molecular flexibility index (Phi) is 6.47.